The number of amides is 1. The fraction of sp³-hybridized carbons (Fsp3) is 0.391. The van der Waals surface area contributed by atoms with E-state index in [-0.39, 0.29) is 24.3 Å². The summed E-state index contributed by atoms with van der Waals surface area (Å²) < 4.78 is 10.8. The van der Waals surface area contributed by atoms with Crippen molar-refractivity contribution < 1.29 is 19.1 Å². The summed E-state index contributed by atoms with van der Waals surface area (Å²) in [6.45, 7) is 4.15. The van der Waals surface area contributed by atoms with E-state index in [0.29, 0.717) is 39.1 Å². The third-order valence-electron chi connectivity index (χ3n) is 5.01. The van der Waals surface area contributed by atoms with E-state index in [0.717, 1.165) is 17.0 Å². The zero-order valence-electron chi connectivity index (χ0n) is 16.8. The Morgan fingerprint density at radius 2 is 1.72 bits per heavy atom. The first-order valence-corrected chi connectivity index (χ1v) is 10.1. The third-order valence-corrected chi connectivity index (χ3v) is 5.01. The summed E-state index contributed by atoms with van der Waals surface area (Å²) in [6, 6.07) is 17.6. The highest BCUT2D eigenvalue weighted by Crippen LogP contribution is 2.20. The lowest BCUT2D eigenvalue weighted by atomic mass is 9.97. The molecule has 0 spiro atoms. The minimum atomic E-state index is -0.146. The van der Waals surface area contributed by atoms with Gasteiger partial charge in [-0.1, -0.05) is 30.3 Å². The van der Waals surface area contributed by atoms with E-state index in [2.05, 4.69) is 5.32 Å². The molecule has 0 aromatic heterocycles. The highest BCUT2D eigenvalue weighted by atomic mass is 16.5. The quantitative estimate of drug-likeness (QED) is 0.692. The second-order valence-corrected chi connectivity index (χ2v) is 7.06. The van der Waals surface area contributed by atoms with Gasteiger partial charge >= 0.3 is 5.97 Å². The predicted molar refractivity (Wildman–Crippen MR) is 112 cm³/mol. The van der Waals surface area contributed by atoms with E-state index in [4.69, 9.17) is 9.47 Å². The highest BCUT2D eigenvalue weighted by Gasteiger charge is 2.27. The molecule has 1 saturated heterocycles. The van der Waals surface area contributed by atoms with Crippen molar-refractivity contribution in [3.63, 3.8) is 0 Å². The van der Waals surface area contributed by atoms with Gasteiger partial charge in [-0.3, -0.25) is 9.59 Å². The fourth-order valence-corrected chi connectivity index (χ4v) is 3.32. The molecular formula is C23H28N2O4. The second kappa shape index (κ2) is 10.5. The number of carbonyl (C=O) groups excluding carboxylic acids is 2. The van der Waals surface area contributed by atoms with Crippen LogP contribution in [0.1, 0.15) is 25.3 Å². The molecule has 0 atom stereocenters. The molecule has 0 unspecified atom stereocenters. The average molecular weight is 396 g/mol. The Kier molecular flexibility index (Phi) is 7.50. The van der Waals surface area contributed by atoms with Crippen LogP contribution in [-0.4, -0.2) is 43.0 Å². The van der Waals surface area contributed by atoms with Gasteiger partial charge in [0, 0.05) is 18.8 Å². The van der Waals surface area contributed by atoms with Crippen molar-refractivity contribution in [3.05, 3.63) is 60.2 Å². The molecule has 0 bridgehead atoms. The summed E-state index contributed by atoms with van der Waals surface area (Å²) in [4.78, 5) is 26.0. The molecule has 154 valence electrons. The average Bonchev–Trinajstić information content (AvgIpc) is 2.78. The summed E-state index contributed by atoms with van der Waals surface area (Å²) in [5.74, 6) is 0.589. The van der Waals surface area contributed by atoms with Crippen molar-refractivity contribution in [1.82, 2.24) is 4.90 Å². The highest BCUT2D eigenvalue weighted by molar-refractivity contribution is 5.81. The number of nitrogens with zero attached hydrogens (tertiary/aromatic N) is 1. The molecule has 1 aliphatic rings. The van der Waals surface area contributed by atoms with Crippen LogP contribution in [0.2, 0.25) is 0 Å². The molecule has 3 rings (SSSR count). The van der Waals surface area contributed by atoms with Crippen LogP contribution >= 0.6 is 0 Å². The van der Waals surface area contributed by atoms with E-state index in [1.807, 2.05) is 61.5 Å². The van der Waals surface area contributed by atoms with Gasteiger partial charge in [0.1, 0.15) is 12.4 Å². The van der Waals surface area contributed by atoms with Crippen molar-refractivity contribution in [2.24, 2.45) is 5.92 Å². The normalized spacial score (nSPS) is 14.3. The molecular weight excluding hydrogens is 368 g/mol. The zero-order valence-corrected chi connectivity index (χ0v) is 16.8. The number of anilines is 1. The first-order valence-electron chi connectivity index (χ1n) is 10.1. The zero-order chi connectivity index (χ0) is 20.5. The number of piperidine rings is 1. The van der Waals surface area contributed by atoms with E-state index in [1.165, 1.54) is 0 Å². The van der Waals surface area contributed by atoms with Gasteiger partial charge in [0.2, 0.25) is 5.91 Å². The minimum Gasteiger partial charge on any atom is -0.489 e. The molecule has 6 nitrogen and oxygen atoms in total. The van der Waals surface area contributed by atoms with Gasteiger partial charge in [0.25, 0.3) is 0 Å². The Morgan fingerprint density at radius 3 is 2.38 bits per heavy atom. The van der Waals surface area contributed by atoms with E-state index in [9.17, 15) is 9.59 Å². The van der Waals surface area contributed by atoms with Crippen molar-refractivity contribution in [2.75, 3.05) is 31.6 Å². The van der Waals surface area contributed by atoms with Crippen molar-refractivity contribution in [3.8, 4) is 5.75 Å². The van der Waals surface area contributed by atoms with Gasteiger partial charge in [-0.25, -0.2) is 0 Å². The maximum atomic E-state index is 12.4. The second-order valence-electron chi connectivity index (χ2n) is 7.06. The molecule has 1 N–H and O–H groups in total. The van der Waals surface area contributed by atoms with Crippen LogP contribution in [0.4, 0.5) is 5.69 Å². The van der Waals surface area contributed by atoms with Crippen LogP contribution in [0, 0.1) is 5.92 Å². The molecule has 0 saturated carbocycles. The van der Waals surface area contributed by atoms with Crippen LogP contribution in [0.25, 0.3) is 0 Å². The summed E-state index contributed by atoms with van der Waals surface area (Å²) in [5, 5.41) is 3.16. The fourth-order valence-electron chi connectivity index (χ4n) is 3.32. The van der Waals surface area contributed by atoms with Gasteiger partial charge in [-0.2, -0.15) is 0 Å². The predicted octanol–water partition coefficient (Wildman–Crippen LogP) is 3.48. The van der Waals surface area contributed by atoms with E-state index in [1.54, 1.807) is 4.90 Å². The number of hydrogen-bond acceptors (Lipinski definition) is 5. The molecule has 1 fully saturated rings. The molecule has 2 aromatic carbocycles. The first kappa shape index (κ1) is 20.7. The summed E-state index contributed by atoms with van der Waals surface area (Å²) in [5.41, 5.74) is 1.99. The van der Waals surface area contributed by atoms with Crippen molar-refractivity contribution in [2.45, 2.75) is 26.4 Å². The van der Waals surface area contributed by atoms with Gasteiger partial charge < -0.3 is 19.7 Å². The summed E-state index contributed by atoms with van der Waals surface area (Å²) in [7, 11) is 0. The number of ether oxygens (including phenoxy) is 2. The van der Waals surface area contributed by atoms with Crippen LogP contribution in [0.3, 0.4) is 0 Å². The Bertz CT molecular complexity index is 784. The molecule has 1 amide bonds. The summed E-state index contributed by atoms with van der Waals surface area (Å²) in [6.07, 6.45) is 1.33. The van der Waals surface area contributed by atoms with Gasteiger partial charge in [-0.15, -0.1) is 0 Å². The van der Waals surface area contributed by atoms with E-state index >= 15 is 0 Å². The molecule has 1 heterocycles. The number of hydrogen-bond donors (Lipinski definition) is 1. The van der Waals surface area contributed by atoms with Crippen LogP contribution in [0.15, 0.2) is 54.6 Å². The van der Waals surface area contributed by atoms with Crippen molar-refractivity contribution >= 4 is 17.6 Å². The number of carbonyl (C=O) groups is 2. The van der Waals surface area contributed by atoms with Crippen molar-refractivity contribution in [1.29, 1.82) is 0 Å². The minimum absolute atomic E-state index is 0.0386. The van der Waals surface area contributed by atoms with Gasteiger partial charge in [-0.05, 0) is 49.6 Å². The lowest BCUT2D eigenvalue weighted by Crippen LogP contribution is -2.43. The largest absolute Gasteiger partial charge is 0.489 e. The Morgan fingerprint density at radius 1 is 1.03 bits per heavy atom. The number of nitrogens with one attached hydrogen (secondary N) is 1. The standard InChI is InChI=1S/C23H28N2O4/c1-2-28-23(27)19-12-14-25(15-13-19)22(26)16-24-20-8-10-21(11-9-20)29-17-18-6-4-3-5-7-18/h3-11,19,24H,2,12-17H2,1H3. The summed E-state index contributed by atoms with van der Waals surface area (Å²) >= 11 is 0. The number of rotatable bonds is 8. The Balaban J connectivity index is 1.39. The first-order chi connectivity index (χ1) is 14.2. The number of benzene rings is 2. The molecule has 0 radical (unpaired) electrons. The maximum absolute atomic E-state index is 12.4. The molecule has 29 heavy (non-hydrogen) atoms. The van der Waals surface area contributed by atoms with Crippen LogP contribution in [-0.2, 0) is 20.9 Å². The molecule has 0 aliphatic carbocycles. The SMILES string of the molecule is CCOC(=O)C1CCN(C(=O)CNc2ccc(OCc3ccccc3)cc2)CC1. The third kappa shape index (κ3) is 6.24. The molecule has 1 aliphatic heterocycles. The Hall–Kier alpha value is -3.02. The maximum Gasteiger partial charge on any atom is 0.309 e. The monoisotopic (exact) mass is 396 g/mol. The van der Waals surface area contributed by atoms with Crippen LogP contribution < -0.4 is 10.1 Å². The lowest BCUT2D eigenvalue weighted by molar-refractivity contribution is -0.151. The molecule has 2 aromatic rings. The molecule has 6 heteroatoms. The number of esters is 1. The van der Waals surface area contributed by atoms with Gasteiger partial charge in [0.15, 0.2) is 0 Å². The Labute approximate surface area is 171 Å². The number of likely N-dealkylation sites (tertiary alicyclic amines) is 1. The van der Waals surface area contributed by atoms with Gasteiger partial charge in [0.05, 0.1) is 19.1 Å². The lowest BCUT2D eigenvalue weighted by Gasteiger charge is -2.31. The van der Waals surface area contributed by atoms with E-state index < -0.39 is 0 Å². The topological polar surface area (TPSA) is 67.9 Å². The smallest absolute Gasteiger partial charge is 0.309 e. The van der Waals surface area contributed by atoms with Crippen LogP contribution in [0.5, 0.6) is 5.75 Å².